The van der Waals surface area contributed by atoms with Gasteiger partial charge in [-0.1, -0.05) is 254 Å². The molecule has 15 aromatic rings. The summed E-state index contributed by atoms with van der Waals surface area (Å²) in [6.07, 6.45) is 0. The Hall–Kier alpha value is -12.4. The van der Waals surface area contributed by atoms with Crippen molar-refractivity contribution in [3.8, 4) is 33.4 Å². The summed E-state index contributed by atoms with van der Waals surface area (Å²) in [5, 5.41) is 0. The van der Waals surface area contributed by atoms with E-state index in [4.69, 9.17) is 0 Å². The largest absolute Gasteiger partial charge is 0.311 e. The number of para-hydroxylation sites is 7. The van der Waals surface area contributed by atoms with Gasteiger partial charge in [-0.15, -0.1) is 0 Å². The van der Waals surface area contributed by atoms with Gasteiger partial charge in [0.15, 0.2) is 11.6 Å². The maximum atomic E-state index is 20.9. The highest BCUT2D eigenvalue weighted by molar-refractivity contribution is 8.00. The Morgan fingerprint density at radius 1 is 0.287 bits per heavy atom. The highest BCUT2D eigenvalue weighted by Crippen LogP contribution is 2.54. The third-order valence-electron chi connectivity index (χ3n) is 20.2. The number of benzene rings is 15. The molecule has 0 fully saturated rings. The van der Waals surface area contributed by atoms with Crippen molar-refractivity contribution in [3.63, 3.8) is 0 Å². The predicted molar refractivity (Wildman–Crippen MR) is 416 cm³/mol. The molecule has 0 saturated carbocycles. The molecule has 0 amide bonds. The number of hydrogen-bond donors (Lipinski definition) is 0. The van der Waals surface area contributed by atoms with E-state index in [1.54, 1.807) is 4.90 Å². The summed E-state index contributed by atoms with van der Waals surface area (Å²) in [4.78, 5) is 12.3. The van der Waals surface area contributed by atoms with Crippen molar-refractivity contribution in [2.45, 2.75) is 9.79 Å². The molecule has 5 nitrogen and oxygen atoms in total. The smallest absolute Gasteiger partial charge is 0.252 e. The van der Waals surface area contributed by atoms with Crippen molar-refractivity contribution in [2.24, 2.45) is 0 Å². The van der Waals surface area contributed by atoms with Crippen molar-refractivity contribution in [3.05, 3.63) is 369 Å². The van der Waals surface area contributed by atoms with E-state index in [9.17, 15) is 0 Å². The first-order valence-corrected chi connectivity index (χ1v) is 34.8. The van der Waals surface area contributed by atoms with Gasteiger partial charge in [-0.2, -0.15) is 0 Å². The molecule has 4 aliphatic heterocycles. The average molecular weight is 1320 g/mol. The van der Waals surface area contributed by atoms with Gasteiger partial charge < -0.3 is 24.5 Å². The van der Waals surface area contributed by atoms with Gasteiger partial charge in [-0.3, -0.25) is 0 Å². The minimum Gasteiger partial charge on any atom is -0.311 e. The average Bonchev–Trinajstić information content (AvgIpc) is 0.683. The Balaban J connectivity index is 0.916. The van der Waals surface area contributed by atoms with Gasteiger partial charge in [-0.25, -0.2) is 13.2 Å². The maximum Gasteiger partial charge on any atom is 0.252 e. The van der Waals surface area contributed by atoms with E-state index < -0.39 is 30.9 Å². The molecule has 4 aliphatic rings. The minimum atomic E-state index is -0.842. The van der Waals surface area contributed by atoms with Gasteiger partial charge in [0, 0.05) is 89.5 Å². The first-order chi connectivity index (χ1) is 49.9. The normalized spacial score (nSPS) is 12.8. The summed E-state index contributed by atoms with van der Waals surface area (Å²) in [6, 6.07) is 119. The lowest BCUT2D eigenvalue weighted by molar-refractivity contribution is 0.583. The summed E-state index contributed by atoms with van der Waals surface area (Å²) < 4.78 is 56.1. The minimum absolute atomic E-state index is 0.0184. The van der Waals surface area contributed by atoms with E-state index in [0.717, 1.165) is 129 Å². The van der Waals surface area contributed by atoms with Gasteiger partial charge in [0.05, 0.1) is 22.7 Å². The molecule has 0 saturated heterocycles. The Kier molecular flexibility index (Phi) is 14.5. The van der Waals surface area contributed by atoms with E-state index in [1.807, 2.05) is 103 Å². The molecule has 0 atom stereocenters. The lowest BCUT2D eigenvalue weighted by atomic mass is 9.31. The standard InChI is InChI=1S/C90H58B2F3N5S/c93-63-52-72(62-32-12-3-13-33-62)88(77(94)53-63)100-82-55-69(96(64-34-14-4-15-35-64)65-36-16-5-17-37-65)54-81-85(82)91(73-43-23-26-46-79(73)98(81)66-38-18-6-19-39-66)75-58-76-90(87(95)89(75)100)101-84-57-70(56-83-86(84)92(76)74-44-24-27-47-80(74)99(83)67-40-20-7-21-41-67)97(68-50-48-60(49-51-68)59-28-8-1-9-29-59)78-45-25-22-42-71(78)61-30-10-2-11-31-61/h1-58H. The fourth-order valence-electron chi connectivity index (χ4n) is 16.0. The molecule has 0 aliphatic carbocycles. The predicted octanol–water partition coefficient (Wildman–Crippen LogP) is 20.9. The lowest BCUT2D eigenvalue weighted by Gasteiger charge is -2.46. The zero-order valence-corrected chi connectivity index (χ0v) is 55.2. The fourth-order valence-corrected chi connectivity index (χ4v) is 17.2. The molecule has 0 radical (unpaired) electrons. The van der Waals surface area contributed by atoms with Crippen LogP contribution in [0.3, 0.4) is 0 Å². The van der Waals surface area contributed by atoms with Crippen molar-refractivity contribution < 1.29 is 13.2 Å². The quantitative estimate of drug-likeness (QED) is 0.113. The molecule has 0 N–H and O–H groups in total. The molecule has 15 aromatic carbocycles. The summed E-state index contributed by atoms with van der Waals surface area (Å²) in [5.74, 6) is -2.11. The molecule has 0 unspecified atom stereocenters. The molecular formula is C90H58B2F3N5S. The van der Waals surface area contributed by atoms with Gasteiger partial charge in [0.1, 0.15) is 5.82 Å². The molecule has 4 heterocycles. The first-order valence-electron chi connectivity index (χ1n) is 34.0. The Labute approximate surface area is 589 Å². The van der Waals surface area contributed by atoms with Crippen LogP contribution in [0.15, 0.2) is 362 Å². The highest BCUT2D eigenvalue weighted by atomic mass is 32.2. The van der Waals surface area contributed by atoms with E-state index in [2.05, 4.69) is 256 Å². The highest BCUT2D eigenvalue weighted by Gasteiger charge is 2.50. The summed E-state index contributed by atoms with van der Waals surface area (Å²) in [6.45, 7) is -1.11. The van der Waals surface area contributed by atoms with E-state index in [0.29, 0.717) is 21.6 Å². The number of nitrogens with zero attached hydrogens (tertiary/aromatic N) is 5. The second kappa shape index (κ2) is 24.5. The van der Waals surface area contributed by atoms with Crippen LogP contribution in [0.5, 0.6) is 0 Å². The topological polar surface area (TPSA) is 16.2 Å². The first kappa shape index (κ1) is 59.8. The molecular weight excluding hydrogens is 1260 g/mol. The maximum absolute atomic E-state index is 20.9. The molecule has 11 heteroatoms. The van der Waals surface area contributed by atoms with Crippen LogP contribution in [0, 0.1) is 17.5 Å². The van der Waals surface area contributed by atoms with Crippen molar-refractivity contribution in [1.29, 1.82) is 0 Å². The van der Waals surface area contributed by atoms with E-state index in [1.165, 1.54) is 17.8 Å². The van der Waals surface area contributed by atoms with Gasteiger partial charge in [-0.05, 0) is 159 Å². The van der Waals surface area contributed by atoms with Crippen molar-refractivity contribution in [2.75, 3.05) is 24.5 Å². The van der Waals surface area contributed by atoms with E-state index in [-0.39, 0.29) is 16.9 Å². The molecule has 19 rings (SSSR count). The van der Waals surface area contributed by atoms with Crippen LogP contribution < -0.4 is 57.3 Å². The van der Waals surface area contributed by atoms with Crippen molar-refractivity contribution >= 4 is 143 Å². The summed E-state index contributed by atoms with van der Waals surface area (Å²) in [7, 11) is 0. The number of hydrogen-bond acceptors (Lipinski definition) is 6. The number of halogens is 3. The van der Waals surface area contributed by atoms with Crippen molar-refractivity contribution in [1.82, 2.24) is 0 Å². The second-order valence-electron chi connectivity index (χ2n) is 25.9. The van der Waals surface area contributed by atoms with Crippen LogP contribution >= 0.6 is 11.8 Å². The molecule has 0 spiro atoms. The Bertz CT molecular complexity index is 5670. The molecule has 0 bridgehead atoms. The van der Waals surface area contributed by atoms with Gasteiger partial charge in [0.2, 0.25) is 6.71 Å². The van der Waals surface area contributed by atoms with Crippen LogP contribution in [0.1, 0.15) is 0 Å². The van der Waals surface area contributed by atoms with E-state index >= 15 is 13.2 Å². The Morgan fingerprint density at radius 2 is 0.723 bits per heavy atom. The molecule has 101 heavy (non-hydrogen) atoms. The van der Waals surface area contributed by atoms with Crippen LogP contribution in [0.25, 0.3) is 33.4 Å². The van der Waals surface area contributed by atoms with Crippen LogP contribution in [0.2, 0.25) is 0 Å². The zero-order valence-electron chi connectivity index (χ0n) is 54.4. The third-order valence-corrected chi connectivity index (χ3v) is 21.4. The zero-order chi connectivity index (χ0) is 67.2. The van der Waals surface area contributed by atoms with Gasteiger partial charge >= 0.3 is 0 Å². The van der Waals surface area contributed by atoms with Crippen LogP contribution in [-0.2, 0) is 0 Å². The summed E-state index contributed by atoms with van der Waals surface area (Å²) in [5.41, 5.74) is 22.0. The third kappa shape index (κ3) is 9.89. The van der Waals surface area contributed by atoms with Gasteiger partial charge in [0.25, 0.3) is 6.71 Å². The summed E-state index contributed by atoms with van der Waals surface area (Å²) >= 11 is 1.42. The monoisotopic (exact) mass is 1320 g/mol. The fraction of sp³-hybridized carbons (Fsp3) is 0. The number of rotatable bonds is 12. The SMILES string of the molecule is Fc1cc(F)c(N2c3cc(N(c4ccccc4)c4ccccc4)cc4c3B(c3ccccc3N4c3ccccc3)c3cc4c(c(F)c32)Sc2cc(N(c3ccc(-c5ccccc5)cc3)c3ccccc3-c3ccccc3)cc3c2B4c2ccccc2N3c2ccccc2)c(-c2ccccc2)c1. The number of fused-ring (bicyclic) bond motifs is 8. The molecule has 476 valence electrons. The van der Waals surface area contributed by atoms with Crippen LogP contribution in [-0.4, -0.2) is 13.4 Å². The molecule has 0 aromatic heterocycles. The Morgan fingerprint density at radius 3 is 1.30 bits per heavy atom. The second-order valence-corrected chi connectivity index (χ2v) is 26.9. The lowest BCUT2D eigenvalue weighted by Crippen LogP contribution is -2.65. The number of anilines is 15. The van der Waals surface area contributed by atoms with Crippen LogP contribution in [0.4, 0.5) is 98.5 Å².